The largest absolute Gasteiger partial charge is 0.424 e. The second-order valence-corrected chi connectivity index (χ2v) is 5.03. The van der Waals surface area contributed by atoms with Gasteiger partial charge in [0, 0.05) is 5.92 Å². The van der Waals surface area contributed by atoms with Gasteiger partial charge in [0.05, 0.1) is 6.54 Å². The topological polar surface area (TPSA) is 64.9 Å². The first-order valence-electron chi connectivity index (χ1n) is 5.66. The molecule has 0 radical (unpaired) electrons. The fourth-order valence-electron chi connectivity index (χ4n) is 2.44. The van der Waals surface area contributed by atoms with Gasteiger partial charge in [0.2, 0.25) is 11.8 Å². The summed E-state index contributed by atoms with van der Waals surface area (Å²) in [6.07, 6.45) is 4.95. The summed E-state index contributed by atoms with van der Waals surface area (Å²) in [6, 6.07) is 0. The molecule has 84 valence electrons. The predicted molar refractivity (Wildman–Crippen MR) is 57.2 cm³/mol. The second kappa shape index (κ2) is 3.93. The van der Waals surface area contributed by atoms with Crippen molar-refractivity contribution in [3.63, 3.8) is 0 Å². The normalized spacial score (nSPS) is 25.4. The van der Waals surface area contributed by atoms with Crippen LogP contribution in [0.4, 0.5) is 0 Å². The second-order valence-electron chi connectivity index (χ2n) is 5.03. The maximum atomic E-state index is 5.56. The van der Waals surface area contributed by atoms with Crippen molar-refractivity contribution in [1.29, 1.82) is 0 Å². The van der Waals surface area contributed by atoms with E-state index >= 15 is 0 Å². The summed E-state index contributed by atoms with van der Waals surface area (Å²) in [5.41, 5.74) is 5.74. The Labute approximate surface area is 90.3 Å². The lowest BCUT2D eigenvalue weighted by Gasteiger charge is -2.36. The van der Waals surface area contributed by atoms with Crippen molar-refractivity contribution in [2.24, 2.45) is 11.1 Å². The van der Waals surface area contributed by atoms with Gasteiger partial charge in [-0.05, 0) is 18.3 Å². The highest BCUT2D eigenvalue weighted by molar-refractivity contribution is 5.01. The molecule has 2 rings (SSSR count). The third-order valence-corrected chi connectivity index (χ3v) is 3.46. The van der Waals surface area contributed by atoms with Gasteiger partial charge in [-0.25, -0.2) is 0 Å². The lowest BCUT2D eigenvalue weighted by atomic mass is 9.69. The molecule has 15 heavy (non-hydrogen) atoms. The number of nitrogens with two attached hydrogens (primary N) is 1. The minimum absolute atomic E-state index is 0.274. The third kappa shape index (κ3) is 2.04. The SMILES string of the molecule is CC1(C)CCCCC1c1nnc(CN)o1. The maximum Gasteiger partial charge on any atom is 0.230 e. The number of nitrogens with zero attached hydrogens (tertiary/aromatic N) is 2. The van der Waals surface area contributed by atoms with E-state index in [-0.39, 0.29) is 5.41 Å². The molecule has 1 aliphatic carbocycles. The van der Waals surface area contributed by atoms with Gasteiger partial charge in [-0.3, -0.25) is 0 Å². The van der Waals surface area contributed by atoms with Gasteiger partial charge in [-0.1, -0.05) is 26.7 Å². The molecule has 1 aromatic rings. The van der Waals surface area contributed by atoms with Gasteiger partial charge in [-0.15, -0.1) is 10.2 Å². The van der Waals surface area contributed by atoms with E-state index < -0.39 is 0 Å². The molecule has 0 aromatic carbocycles. The van der Waals surface area contributed by atoms with Crippen molar-refractivity contribution < 1.29 is 4.42 Å². The molecular weight excluding hydrogens is 190 g/mol. The molecule has 1 saturated carbocycles. The van der Waals surface area contributed by atoms with Crippen LogP contribution in [0.3, 0.4) is 0 Å². The Morgan fingerprint density at radius 3 is 2.80 bits per heavy atom. The van der Waals surface area contributed by atoms with Crippen molar-refractivity contribution >= 4 is 0 Å². The molecule has 0 saturated heterocycles. The van der Waals surface area contributed by atoms with Crippen molar-refractivity contribution in [3.05, 3.63) is 11.8 Å². The van der Waals surface area contributed by atoms with E-state index in [0.717, 1.165) is 12.3 Å². The lowest BCUT2D eigenvalue weighted by Crippen LogP contribution is -2.26. The molecule has 0 bridgehead atoms. The fourth-order valence-corrected chi connectivity index (χ4v) is 2.44. The Bertz CT molecular complexity index is 332. The van der Waals surface area contributed by atoms with Crippen molar-refractivity contribution in [1.82, 2.24) is 10.2 Å². The summed E-state index contributed by atoms with van der Waals surface area (Å²) in [4.78, 5) is 0. The van der Waals surface area contributed by atoms with Crippen LogP contribution in [0.2, 0.25) is 0 Å². The average molecular weight is 209 g/mol. The number of hydrogen-bond donors (Lipinski definition) is 1. The van der Waals surface area contributed by atoms with Gasteiger partial charge in [0.1, 0.15) is 0 Å². The first-order valence-corrected chi connectivity index (χ1v) is 5.66. The summed E-state index contributed by atoms with van der Waals surface area (Å²) in [7, 11) is 0. The van der Waals surface area contributed by atoms with E-state index in [1.807, 2.05) is 0 Å². The molecule has 0 spiro atoms. The van der Waals surface area contributed by atoms with E-state index in [2.05, 4.69) is 24.0 Å². The Morgan fingerprint density at radius 1 is 1.40 bits per heavy atom. The molecular formula is C11H19N3O. The molecule has 0 aliphatic heterocycles. The van der Waals surface area contributed by atoms with Crippen LogP contribution in [0.15, 0.2) is 4.42 Å². The zero-order chi connectivity index (χ0) is 10.9. The number of rotatable bonds is 2. The Balaban J connectivity index is 2.21. The van der Waals surface area contributed by atoms with Crippen LogP contribution in [0.25, 0.3) is 0 Å². The van der Waals surface area contributed by atoms with Crippen LogP contribution in [0.1, 0.15) is 57.2 Å². The van der Waals surface area contributed by atoms with E-state index in [4.69, 9.17) is 10.2 Å². The van der Waals surface area contributed by atoms with Crippen LogP contribution in [-0.4, -0.2) is 10.2 Å². The number of aromatic nitrogens is 2. The van der Waals surface area contributed by atoms with E-state index in [1.54, 1.807) is 0 Å². The quantitative estimate of drug-likeness (QED) is 0.811. The van der Waals surface area contributed by atoms with E-state index in [0.29, 0.717) is 18.4 Å². The van der Waals surface area contributed by atoms with Gasteiger partial charge in [0.15, 0.2) is 0 Å². The summed E-state index contributed by atoms with van der Waals surface area (Å²) in [5, 5.41) is 8.04. The third-order valence-electron chi connectivity index (χ3n) is 3.46. The fraction of sp³-hybridized carbons (Fsp3) is 0.818. The van der Waals surface area contributed by atoms with Crippen molar-refractivity contribution in [2.75, 3.05) is 0 Å². The standard InChI is InChI=1S/C11H19N3O/c1-11(2)6-4-3-5-8(11)10-14-13-9(7-12)15-10/h8H,3-7,12H2,1-2H3. The Kier molecular flexibility index (Phi) is 2.78. The van der Waals surface area contributed by atoms with Gasteiger partial charge >= 0.3 is 0 Å². The first kappa shape index (κ1) is 10.6. The first-order chi connectivity index (χ1) is 7.13. The molecule has 4 nitrogen and oxygen atoms in total. The van der Waals surface area contributed by atoms with Crippen LogP contribution >= 0.6 is 0 Å². The van der Waals surface area contributed by atoms with Crippen LogP contribution in [-0.2, 0) is 6.54 Å². The summed E-state index contributed by atoms with van der Waals surface area (Å²) >= 11 is 0. The zero-order valence-electron chi connectivity index (χ0n) is 9.49. The minimum atomic E-state index is 0.274. The van der Waals surface area contributed by atoms with Crippen molar-refractivity contribution in [2.45, 2.75) is 52.0 Å². The highest BCUT2D eigenvalue weighted by atomic mass is 16.4. The Hall–Kier alpha value is -0.900. The Morgan fingerprint density at radius 2 is 2.20 bits per heavy atom. The average Bonchev–Trinajstić information content (AvgIpc) is 2.65. The molecule has 1 atom stereocenters. The molecule has 1 aliphatic rings. The summed E-state index contributed by atoms with van der Waals surface area (Å²) in [5.74, 6) is 1.73. The van der Waals surface area contributed by atoms with E-state index in [9.17, 15) is 0 Å². The predicted octanol–water partition coefficient (Wildman–Crippen LogP) is 2.21. The van der Waals surface area contributed by atoms with Crippen LogP contribution < -0.4 is 5.73 Å². The molecule has 1 fully saturated rings. The molecule has 4 heteroatoms. The molecule has 2 N–H and O–H groups in total. The summed E-state index contributed by atoms with van der Waals surface area (Å²) < 4.78 is 5.56. The molecule has 1 unspecified atom stereocenters. The van der Waals surface area contributed by atoms with Crippen molar-refractivity contribution in [3.8, 4) is 0 Å². The highest BCUT2D eigenvalue weighted by Crippen LogP contribution is 2.46. The smallest absolute Gasteiger partial charge is 0.230 e. The highest BCUT2D eigenvalue weighted by Gasteiger charge is 2.36. The zero-order valence-corrected chi connectivity index (χ0v) is 9.49. The van der Waals surface area contributed by atoms with Crippen LogP contribution in [0, 0.1) is 5.41 Å². The lowest BCUT2D eigenvalue weighted by molar-refractivity contribution is 0.171. The van der Waals surface area contributed by atoms with Gasteiger partial charge in [0.25, 0.3) is 0 Å². The minimum Gasteiger partial charge on any atom is -0.424 e. The van der Waals surface area contributed by atoms with Gasteiger partial charge in [-0.2, -0.15) is 0 Å². The van der Waals surface area contributed by atoms with E-state index in [1.165, 1.54) is 19.3 Å². The molecule has 1 aromatic heterocycles. The summed E-state index contributed by atoms with van der Waals surface area (Å²) in [6.45, 7) is 4.90. The van der Waals surface area contributed by atoms with Gasteiger partial charge < -0.3 is 10.2 Å². The molecule has 1 heterocycles. The molecule has 0 amide bonds. The number of hydrogen-bond acceptors (Lipinski definition) is 4. The van der Waals surface area contributed by atoms with Crippen LogP contribution in [0.5, 0.6) is 0 Å². The monoisotopic (exact) mass is 209 g/mol. The maximum absolute atomic E-state index is 5.56.